The van der Waals surface area contributed by atoms with E-state index in [1.807, 2.05) is 0 Å². The molecule has 142 valence electrons. The van der Waals surface area contributed by atoms with E-state index in [4.69, 9.17) is 11.6 Å². The molecule has 0 unspecified atom stereocenters. The van der Waals surface area contributed by atoms with Crippen LogP contribution in [-0.2, 0) is 0 Å². The second kappa shape index (κ2) is 7.44. The van der Waals surface area contributed by atoms with Crippen LogP contribution >= 0.6 is 11.6 Å². The predicted octanol–water partition coefficient (Wildman–Crippen LogP) is 3.76. The summed E-state index contributed by atoms with van der Waals surface area (Å²) in [6.45, 7) is 2.35. The number of hydrogen-bond acceptors (Lipinski definition) is 5. The van der Waals surface area contributed by atoms with E-state index in [2.05, 4.69) is 9.88 Å². The van der Waals surface area contributed by atoms with Crippen molar-refractivity contribution in [3.05, 3.63) is 75.4 Å². The van der Waals surface area contributed by atoms with Gasteiger partial charge in [0.25, 0.3) is 11.6 Å². The number of halogens is 1. The fraction of sp³-hybridized carbons (Fsp3) is 0.200. The van der Waals surface area contributed by atoms with Crippen molar-refractivity contribution < 1.29 is 9.72 Å². The summed E-state index contributed by atoms with van der Waals surface area (Å²) in [5.74, 6) is -0.0474. The van der Waals surface area contributed by atoms with E-state index in [0.717, 1.165) is 5.69 Å². The van der Waals surface area contributed by atoms with E-state index in [1.54, 1.807) is 53.6 Å². The lowest BCUT2D eigenvalue weighted by Gasteiger charge is -2.36. The van der Waals surface area contributed by atoms with Crippen LogP contribution in [-0.4, -0.2) is 46.9 Å². The summed E-state index contributed by atoms with van der Waals surface area (Å²) in [6.07, 6.45) is 1.63. The number of anilines is 1. The molecule has 1 amide bonds. The normalized spacial score (nSPS) is 14.3. The van der Waals surface area contributed by atoms with Gasteiger partial charge < -0.3 is 9.80 Å². The molecule has 1 aliphatic rings. The van der Waals surface area contributed by atoms with Crippen LogP contribution in [0.1, 0.15) is 10.4 Å². The summed E-state index contributed by atoms with van der Waals surface area (Å²) in [4.78, 5) is 31.9. The Morgan fingerprint density at radius 1 is 1.07 bits per heavy atom. The van der Waals surface area contributed by atoms with Gasteiger partial charge in [-0.25, -0.2) is 0 Å². The summed E-state index contributed by atoms with van der Waals surface area (Å²) >= 11 is 5.99. The molecule has 1 aliphatic heterocycles. The van der Waals surface area contributed by atoms with Crippen molar-refractivity contribution in [2.45, 2.75) is 0 Å². The van der Waals surface area contributed by atoms with Crippen molar-refractivity contribution in [2.75, 3.05) is 31.1 Å². The number of rotatable bonds is 3. The minimum atomic E-state index is -0.393. The van der Waals surface area contributed by atoms with E-state index in [1.165, 1.54) is 6.07 Å². The molecule has 0 aliphatic carbocycles. The number of non-ortho nitro benzene ring substituents is 1. The molecule has 1 saturated heterocycles. The fourth-order valence-electron chi connectivity index (χ4n) is 3.51. The van der Waals surface area contributed by atoms with E-state index >= 15 is 0 Å². The van der Waals surface area contributed by atoms with Gasteiger partial charge in [0.05, 0.1) is 16.0 Å². The molecule has 3 aromatic rings. The molecule has 8 heteroatoms. The second-order valence-corrected chi connectivity index (χ2v) is 6.99. The highest BCUT2D eigenvalue weighted by molar-refractivity contribution is 6.30. The monoisotopic (exact) mass is 396 g/mol. The Morgan fingerprint density at radius 2 is 1.86 bits per heavy atom. The summed E-state index contributed by atoms with van der Waals surface area (Å²) < 4.78 is 0. The smallest absolute Gasteiger partial charge is 0.278 e. The lowest BCUT2D eigenvalue weighted by molar-refractivity contribution is -0.383. The summed E-state index contributed by atoms with van der Waals surface area (Å²) in [5, 5.41) is 12.3. The van der Waals surface area contributed by atoms with E-state index in [0.29, 0.717) is 47.7 Å². The molecule has 0 atom stereocenters. The van der Waals surface area contributed by atoms with Crippen LogP contribution < -0.4 is 4.90 Å². The van der Waals surface area contributed by atoms with Crippen LogP contribution in [0.5, 0.6) is 0 Å². The van der Waals surface area contributed by atoms with Crippen LogP contribution in [0.4, 0.5) is 11.4 Å². The molecule has 2 aromatic carbocycles. The lowest BCUT2D eigenvalue weighted by Crippen LogP contribution is -2.48. The zero-order valence-corrected chi connectivity index (χ0v) is 15.7. The number of nitro groups is 1. The van der Waals surface area contributed by atoms with Crippen LogP contribution in [0.25, 0.3) is 10.9 Å². The summed E-state index contributed by atoms with van der Waals surface area (Å²) in [7, 11) is 0. The number of benzene rings is 2. The van der Waals surface area contributed by atoms with Gasteiger partial charge in [0.15, 0.2) is 0 Å². The number of aromatic nitrogens is 1. The van der Waals surface area contributed by atoms with Gasteiger partial charge in [-0.15, -0.1) is 0 Å². The number of nitrogens with zero attached hydrogens (tertiary/aromatic N) is 4. The van der Waals surface area contributed by atoms with Crippen LogP contribution in [0.2, 0.25) is 5.02 Å². The van der Waals surface area contributed by atoms with Crippen molar-refractivity contribution in [1.29, 1.82) is 0 Å². The van der Waals surface area contributed by atoms with Crippen LogP contribution in [0.15, 0.2) is 54.7 Å². The molecule has 0 N–H and O–H groups in total. The van der Waals surface area contributed by atoms with Gasteiger partial charge in [-0.2, -0.15) is 0 Å². The molecule has 28 heavy (non-hydrogen) atoms. The molecule has 0 spiro atoms. The lowest BCUT2D eigenvalue weighted by atomic mass is 10.1. The van der Waals surface area contributed by atoms with Crippen molar-refractivity contribution in [1.82, 2.24) is 9.88 Å². The molecule has 1 fully saturated rings. The van der Waals surface area contributed by atoms with Crippen LogP contribution in [0.3, 0.4) is 0 Å². The third-order valence-corrected chi connectivity index (χ3v) is 5.14. The van der Waals surface area contributed by atoms with Crippen LogP contribution in [0, 0.1) is 10.1 Å². The highest BCUT2D eigenvalue weighted by Gasteiger charge is 2.25. The Kier molecular flexibility index (Phi) is 4.83. The summed E-state index contributed by atoms with van der Waals surface area (Å²) in [5.41, 5.74) is 2.06. The largest absolute Gasteiger partial charge is 0.366 e. The Bertz CT molecular complexity index is 1060. The van der Waals surface area contributed by atoms with Crippen molar-refractivity contribution in [2.24, 2.45) is 0 Å². The van der Waals surface area contributed by atoms with Gasteiger partial charge in [-0.3, -0.25) is 19.9 Å². The second-order valence-electron chi connectivity index (χ2n) is 6.55. The first-order chi connectivity index (χ1) is 13.5. The zero-order valence-electron chi connectivity index (χ0n) is 14.9. The number of carbonyl (C=O) groups excluding carboxylic acids is 1. The molecule has 2 heterocycles. The average molecular weight is 397 g/mol. The highest BCUT2D eigenvalue weighted by atomic mass is 35.5. The molecule has 4 rings (SSSR count). The molecule has 0 radical (unpaired) electrons. The Hall–Kier alpha value is -3.19. The minimum absolute atomic E-state index is 0.0432. The van der Waals surface area contributed by atoms with Gasteiger partial charge in [0.2, 0.25) is 0 Å². The fourth-order valence-corrected chi connectivity index (χ4v) is 3.70. The molecular weight excluding hydrogens is 380 g/mol. The number of piperazine rings is 1. The van der Waals surface area contributed by atoms with Crippen molar-refractivity contribution >= 4 is 39.8 Å². The Balaban J connectivity index is 1.55. The van der Waals surface area contributed by atoms with Gasteiger partial charge in [-0.05, 0) is 36.4 Å². The third-order valence-electron chi connectivity index (χ3n) is 4.90. The molecule has 0 saturated carbocycles. The molecule has 7 nitrogen and oxygen atoms in total. The van der Waals surface area contributed by atoms with E-state index < -0.39 is 4.92 Å². The van der Waals surface area contributed by atoms with Gasteiger partial charge in [0, 0.05) is 49.0 Å². The topological polar surface area (TPSA) is 79.6 Å². The number of fused-ring (bicyclic) bond motifs is 1. The summed E-state index contributed by atoms with van der Waals surface area (Å²) in [6, 6.07) is 13.6. The van der Waals surface area contributed by atoms with Crippen molar-refractivity contribution in [3.63, 3.8) is 0 Å². The standard InChI is InChI=1S/C20H17ClN4O3/c21-15-4-1-3-14(13-15)20(26)24-11-9-23(10-12-24)18-7-6-17(25(27)28)16-5-2-8-22-19(16)18/h1-8,13H,9-12H2. The predicted molar refractivity (Wildman–Crippen MR) is 108 cm³/mol. The Morgan fingerprint density at radius 3 is 2.57 bits per heavy atom. The van der Waals surface area contributed by atoms with Crippen molar-refractivity contribution in [3.8, 4) is 0 Å². The van der Waals surface area contributed by atoms with Gasteiger partial charge >= 0.3 is 0 Å². The van der Waals surface area contributed by atoms with E-state index in [-0.39, 0.29) is 11.6 Å². The first-order valence-corrected chi connectivity index (χ1v) is 9.24. The minimum Gasteiger partial charge on any atom is -0.366 e. The average Bonchev–Trinajstić information content (AvgIpc) is 2.72. The third kappa shape index (κ3) is 3.36. The maximum atomic E-state index is 12.7. The first-order valence-electron chi connectivity index (χ1n) is 8.86. The number of nitro benzene ring substituents is 1. The van der Waals surface area contributed by atoms with E-state index in [9.17, 15) is 14.9 Å². The Labute approximate surface area is 166 Å². The molecular formula is C20H17ClN4O3. The number of amides is 1. The quantitative estimate of drug-likeness (QED) is 0.497. The molecule has 0 bridgehead atoms. The highest BCUT2D eigenvalue weighted by Crippen LogP contribution is 2.32. The van der Waals surface area contributed by atoms with Gasteiger partial charge in [0.1, 0.15) is 5.52 Å². The zero-order chi connectivity index (χ0) is 19.7. The number of hydrogen-bond donors (Lipinski definition) is 0. The maximum Gasteiger partial charge on any atom is 0.278 e. The van der Waals surface area contributed by atoms with Gasteiger partial charge in [-0.1, -0.05) is 17.7 Å². The first kappa shape index (κ1) is 18.2. The maximum absolute atomic E-state index is 12.7. The SMILES string of the molecule is O=C(c1cccc(Cl)c1)N1CCN(c2ccc([N+](=O)[O-])c3cccnc23)CC1. The number of pyridine rings is 1. The molecule has 1 aromatic heterocycles. The number of carbonyl (C=O) groups is 1.